The molecule has 2 aromatic rings. The zero-order chi connectivity index (χ0) is 14.0. The van der Waals surface area contributed by atoms with Crippen molar-refractivity contribution < 1.29 is 19.0 Å². The fourth-order valence-corrected chi connectivity index (χ4v) is 1.97. The Labute approximate surface area is 114 Å². The van der Waals surface area contributed by atoms with Crippen LogP contribution in [0.1, 0.15) is 10.4 Å². The second kappa shape index (κ2) is 5.28. The van der Waals surface area contributed by atoms with Crippen molar-refractivity contribution in [3.05, 3.63) is 52.8 Å². The van der Waals surface area contributed by atoms with Crippen LogP contribution in [0, 0.1) is 5.82 Å². The summed E-state index contributed by atoms with van der Waals surface area (Å²) >= 11 is 6.00. The Morgan fingerprint density at radius 3 is 2.42 bits per heavy atom. The molecular formula is C14H10ClFO3. The Morgan fingerprint density at radius 1 is 1.21 bits per heavy atom. The van der Waals surface area contributed by atoms with Crippen LogP contribution in [0.3, 0.4) is 0 Å². The molecule has 0 saturated carbocycles. The molecule has 0 aromatic heterocycles. The summed E-state index contributed by atoms with van der Waals surface area (Å²) in [6.07, 6.45) is 0. The van der Waals surface area contributed by atoms with Gasteiger partial charge in [-0.15, -0.1) is 0 Å². The molecule has 0 bridgehead atoms. The van der Waals surface area contributed by atoms with Crippen molar-refractivity contribution in [1.82, 2.24) is 0 Å². The third-order valence-corrected chi connectivity index (χ3v) is 2.98. The lowest BCUT2D eigenvalue weighted by Gasteiger charge is -2.07. The molecule has 0 saturated heterocycles. The third-order valence-electron chi connectivity index (χ3n) is 2.68. The average Bonchev–Trinajstić information content (AvgIpc) is 2.38. The van der Waals surface area contributed by atoms with Crippen LogP contribution in [0.2, 0.25) is 5.02 Å². The second-order valence-corrected chi connectivity index (χ2v) is 4.26. The Hall–Kier alpha value is -2.07. The molecule has 0 spiro atoms. The highest BCUT2D eigenvalue weighted by Gasteiger charge is 2.12. The lowest BCUT2D eigenvalue weighted by atomic mass is 10.0. The van der Waals surface area contributed by atoms with Gasteiger partial charge in [-0.1, -0.05) is 23.7 Å². The van der Waals surface area contributed by atoms with Crippen LogP contribution in [-0.2, 0) is 0 Å². The summed E-state index contributed by atoms with van der Waals surface area (Å²) in [6, 6.07) is 8.93. The van der Waals surface area contributed by atoms with E-state index in [-0.39, 0.29) is 5.56 Å². The molecule has 2 rings (SSSR count). The van der Waals surface area contributed by atoms with Crippen molar-refractivity contribution in [1.29, 1.82) is 0 Å². The van der Waals surface area contributed by atoms with Gasteiger partial charge in [0.25, 0.3) is 0 Å². The van der Waals surface area contributed by atoms with E-state index in [2.05, 4.69) is 0 Å². The number of methoxy groups -OCH3 is 1. The predicted molar refractivity (Wildman–Crippen MR) is 70.4 cm³/mol. The quantitative estimate of drug-likeness (QED) is 0.929. The van der Waals surface area contributed by atoms with Gasteiger partial charge in [-0.25, -0.2) is 9.18 Å². The summed E-state index contributed by atoms with van der Waals surface area (Å²) in [6.45, 7) is 0. The predicted octanol–water partition coefficient (Wildman–Crippen LogP) is 3.85. The first-order valence-electron chi connectivity index (χ1n) is 5.39. The molecule has 0 atom stereocenters. The van der Waals surface area contributed by atoms with Crippen molar-refractivity contribution in [3.63, 3.8) is 0 Å². The minimum atomic E-state index is -1.31. The lowest BCUT2D eigenvalue weighted by Crippen LogP contribution is -2.00. The topological polar surface area (TPSA) is 46.5 Å². The summed E-state index contributed by atoms with van der Waals surface area (Å²) in [5, 5.41) is 9.29. The first-order chi connectivity index (χ1) is 9.02. The van der Waals surface area contributed by atoms with E-state index < -0.39 is 11.8 Å². The van der Waals surface area contributed by atoms with Gasteiger partial charge >= 0.3 is 5.97 Å². The van der Waals surface area contributed by atoms with Gasteiger partial charge in [0, 0.05) is 0 Å². The van der Waals surface area contributed by atoms with Crippen molar-refractivity contribution >= 4 is 17.6 Å². The SMILES string of the molecule is COc1ccc(-c2ccc(F)c(C(=O)O)c2)cc1Cl. The molecule has 0 aliphatic heterocycles. The largest absolute Gasteiger partial charge is 0.495 e. The number of carbonyl (C=O) groups is 1. The van der Waals surface area contributed by atoms with Crippen LogP contribution in [0.15, 0.2) is 36.4 Å². The van der Waals surface area contributed by atoms with Gasteiger partial charge in [0.15, 0.2) is 0 Å². The van der Waals surface area contributed by atoms with E-state index in [1.807, 2.05) is 0 Å². The first kappa shape index (κ1) is 13.4. The molecule has 98 valence electrons. The van der Waals surface area contributed by atoms with E-state index in [1.165, 1.54) is 19.2 Å². The molecule has 1 N–H and O–H groups in total. The summed E-state index contributed by atoms with van der Waals surface area (Å²) in [5.74, 6) is -1.55. The maximum Gasteiger partial charge on any atom is 0.338 e. The van der Waals surface area contributed by atoms with E-state index in [4.69, 9.17) is 21.4 Å². The zero-order valence-corrected chi connectivity index (χ0v) is 10.7. The summed E-state index contributed by atoms with van der Waals surface area (Å²) < 4.78 is 18.3. The maximum atomic E-state index is 13.3. The number of rotatable bonds is 3. The fourth-order valence-electron chi connectivity index (χ4n) is 1.71. The molecule has 0 heterocycles. The maximum absolute atomic E-state index is 13.3. The van der Waals surface area contributed by atoms with Gasteiger partial charge in [0.1, 0.15) is 11.6 Å². The number of carboxylic acids is 1. The van der Waals surface area contributed by atoms with Crippen LogP contribution < -0.4 is 4.74 Å². The Morgan fingerprint density at radius 2 is 1.84 bits per heavy atom. The summed E-state index contributed by atoms with van der Waals surface area (Å²) in [5.41, 5.74) is 0.890. The Kier molecular flexibility index (Phi) is 3.71. The molecule has 3 nitrogen and oxygen atoms in total. The minimum Gasteiger partial charge on any atom is -0.495 e. The van der Waals surface area contributed by atoms with Crippen molar-refractivity contribution in [2.75, 3.05) is 7.11 Å². The molecule has 0 aliphatic rings. The molecule has 0 amide bonds. The van der Waals surface area contributed by atoms with E-state index >= 15 is 0 Å². The zero-order valence-electron chi connectivity index (χ0n) is 9.98. The van der Waals surface area contributed by atoms with Gasteiger partial charge in [-0.05, 0) is 35.4 Å². The molecule has 0 fully saturated rings. The standard InChI is InChI=1S/C14H10ClFO3/c1-19-13-5-3-9(7-11(13)15)8-2-4-12(16)10(6-8)14(17)18/h2-7H,1H3,(H,17,18). The monoisotopic (exact) mass is 280 g/mol. The highest BCUT2D eigenvalue weighted by molar-refractivity contribution is 6.32. The number of aromatic carboxylic acids is 1. The highest BCUT2D eigenvalue weighted by Crippen LogP contribution is 2.30. The normalized spacial score (nSPS) is 10.3. The van der Waals surface area contributed by atoms with Crippen LogP contribution >= 0.6 is 11.6 Å². The smallest absolute Gasteiger partial charge is 0.338 e. The van der Waals surface area contributed by atoms with E-state index in [9.17, 15) is 9.18 Å². The molecule has 0 unspecified atom stereocenters. The van der Waals surface area contributed by atoms with Crippen molar-refractivity contribution in [3.8, 4) is 16.9 Å². The molecule has 5 heteroatoms. The van der Waals surface area contributed by atoms with Gasteiger partial charge in [-0.2, -0.15) is 0 Å². The van der Waals surface area contributed by atoms with Gasteiger partial charge < -0.3 is 9.84 Å². The number of hydrogen-bond acceptors (Lipinski definition) is 2. The molecule has 0 aliphatic carbocycles. The van der Waals surface area contributed by atoms with Gasteiger partial charge in [-0.3, -0.25) is 0 Å². The Balaban J connectivity index is 2.50. The lowest BCUT2D eigenvalue weighted by molar-refractivity contribution is 0.0692. The molecule has 0 radical (unpaired) electrons. The van der Waals surface area contributed by atoms with Crippen molar-refractivity contribution in [2.45, 2.75) is 0 Å². The Bertz CT molecular complexity index is 641. The van der Waals surface area contributed by atoms with Gasteiger partial charge in [0.05, 0.1) is 17.7 Å². The summed E-state index contributed by atoms with van der Waals surface area (Å²) in [4.78, 5) is 10.9. The number of hydrogen-bond donors (Lipinski definition) is 1. The van der Waals surface area contributed by atoms with Crippen LogP contribution in [0.5, 0.6) is 5.75 Å². The minimum absolute atomic E-state index is 0.371. The average molecular weight is 281 g/mol. The fraction of sp³-hybridized carbons (Fsp3) is 0.0714. The third kappa shape index (κ3) is 2.69. The second-order valence-electron chi connectivity index (χ2n) is 3.85. The van der Waals surface area contributed by atoms with E-state index in [0.29, 0.717) is 21.9 Å². The number of benzene rings is 2. The molecule has 2 aromatic carbocycles. The molecule has 19 heavy (non-hydrogen) atoms. The van der Waals surface area contributed by atoms with Crippen LogP contribution in [0.4, 0.5) is 4.39 Å². The van der Waals surface area contributed by atoms with Gasteiger partial charge in [0.2, 0.25) is 0 Å². The van der Waals surface area contributed by atoms with Crippen LogP contribution in [0.25, 0.3) is 11.1 Å². The van der Waals surface area contributed by atoms with E-state index in [1.54, 1.807) is 18.2 Å². The number of ether oxygens (including phenoxy) is 1. The van der Waals surface area contributed by atoms with E-state index in [0.717, 1.165) is 6.07 Å². The number of halogens is 2. The first-order valence-corrected chi connectivity index (χ1v) is 5.77. The van der Waals surface area contributed by atoms with Crippen molar-refractivity contribution in [2.24, 2.45) is 0 Å². The highest BCUT2D eigenvalue weighted by atomic mass is 35.5. The summed E-state index contributed by atoms with van der Waals surface area (Å²) in [7, 11) is 1.50. The molecular weight excluding hydrogens is 271 g/mol. The number of carboxylic acid groups (broad SMARTS) is 1. The van der Waals surface area contributed by atoms with Crippen LogP contribution in [-0.4, -0.2) is 18.2 Å².